The summed E-state index contributed by atoms with van der Waals surface area (Å²) in [6.07, 6.45) is 1.35. The van der Waals surface area contributed by atoms with Gasteiger partial charge in [0.15, 0.2) is 0 Å². The number of aryl methyl sites for hydroxylation is 4. The van der Waals surface area contributed by atoms with Crippen molar-refractivity contribution < 1.29 is 4.79 Å². The largest absolute Gasteiger partial charge is 0.326 e. The van der Waals surface area contributed by atoms with E-state index in [2.05, 4.69) is 38.2 Å². The molecule has 0 atom stereocenters. The maximum Gasteiger partial charge on any atom is 0.224 e. The zero-order valence-electron chi connectivity index (χ0n) is 11.6. The Morgan fingerprint density at radius 2 is 1.89 bits per heavy atom. The third kappa shape index (κ3) is 3.93. The molecule has 3 heteroatoms. The smallest absolute Gasteiger partial charge is 0.224 e. The lowest BCUT2D eigenvalue weighted by atomic mass is 10.1. The van der Waals surface area contributed by atoms with E-state index in [1.54, 1.807) is 11.3 Å². The number of thiophene rings is 1. The summed E-state index contributed by atoms with van der Waals surface area (Å²) in [6.45, 7) is 6.21. The molecular weight excluding hydrogens is 254 g/mol. The number of hydrogen-bond acceptors (Lipinski definition) is 2. The number of amides is 1. The van der Waals surface area contributed by atoms with Gasteiger partial charge in [-0.2, -0.15) is 0 Å². The number of carbonyl (C=O) groups excluding carboxylic acids is 1. The van der Waals surface area contributed by atoms with Gasteiger partial charge in [-0.05, 0) is 62.6 Å². The second-order valence-corrected chi connectivity index (χ2v) is 6.23. The van der Waals surface area contributed by atoms with Crippen molar-refractivity contribution in [2.45, 2.75) is 33.6 Å². The number of rotatable bonds is 4. The molecule has 2 rings (SSSR count). The van der Waals surface area contributed by atoms with Gasteiger partial charge in [-0.1, -0.05) is 6.07 Å². The van der Waals surface area contributed by atoms with E-state index < -0.39 is 0 Å². The van der Waals surface area contributed by atoms with Crippen LogP contribution in [0.2, 0.25) is 0 Å². The predicted octanol–water partition coefficient (Wildman–Crippen LogP) is 4.24. The van der Waals surface area contributed by atoms with Gasteiger partial charge in [-0.3, -0.25) is 4.79 Å². The molecule has 0 aliphatic carbocycles. The van der Waals surface area contributed by atoms with Crippen LogP contribution < -0.4 is 5.32 Å². The Labute approximate surface area is 118 Å². The van der Waals surface area contributed by atoms with Crippen LogP contribution in [0, 0.1) is 20.8 Å². The highest BCUT2D eigenvalue weighted by molar-refractivity contribution is 7.11. The normalized spacial score (nSPS) is 10.5. The molecule has 2 nitrogen and oxygen atoms in total. The van der Waals surface area contributed by atoms with E-state index in [-0.39, 0.29) is 5.91 Å². The molecular formula is C16H19NOS. The van der Waals surface area contributed by atoms with Crippen LogP contribution in [-0.4, -0.2) is 5.91 Å². The average Bonchev–Trinajstić information content (AvgIpc) is 2.77. The van der Waals surface area contributed by atoms with Crippen molar-refractivity contribution in [3.05, 3.63) is 51.2 Å². The number of hydrogen-bond donors (Lipinski definition) is 1. The summed E-state index contributed by atoms with van der Waals surface area (Å²) in [4.78, 5) is 14.4. The van der Waals surface area contributed by atoms with Crippen molar-refractivity contribution in [2.75, 3.05) is 5.32 Å². The van der Waals surface area contributed by atoms with E-state index in [1.165, 1.54) is 20.9 Å². The van der Waals surface area contributed by atoms with Crippen LogP contribution in [0.25, 0.3) is 0 Å². The lowest BCUT2D eigenvalue weighted by Gasteiger charge is -2.07. The Morgan fingerprint density at radius 3 is 2.53 bits per heavy atom. The fourth-order valence-electron chi connectivity index (χ4n) is 1.90. The molecule has 100 valence electrons. The van der Waals surface area contributed by atoms with E-state index in [0.29, 0.717) is 6.42 Å². The van der Waals surface area contributed by atoms with Crippen LogP contribution in [0.1, 0.15) is 27.3 Å². The Kier molecular flexibility index (Phi) is 4.38. The first kappa shape index (κ1) is 13.8. The molecule has 0 aliphatic heterocycles. The molecule has 0 radical (unpaired) electrons. The molecule has 0 unspecified atom stereocenters. The summed E-state index contributed by atoms with van der Waals surface area (Å²) in [7, 11) is 0. The average molecular weight is 273 g/mol. The highest BCUT2D eigenvalue weighted by Crippen LogP contribution is 2.18. The Hall–Kier alpha value is -1.61. The summed E-state index contributed by atoms with van der Waals surface area (Å²) in [5, 5.41) is 2.95. The van der Waals surface area contributed by atoms with Gasteiger partial charge < -0.3 is 5.32 Å². The van der Waals surface area contributed by atoms with E-state index in [0.717, 1.165) is 12.1 Å². The molecule has 0 saturated carbocycles. The highest BCUT2D eigenvalue weighted by Gasteiger charge is 2.05. The number of carbonyl (C=O) groups is 1. The van der Waals surface area contributed by atoms with Crippen molar-refractivity contribution in [1.82, 2.24) is 0 Å². The van der Waals surface area contributed by atoms with E-state index in [1.807, 2.05) is 18.2 Å². The number of benzene rings is 1. The maximum atomic E-state index is 11.9. The summed E-state index contributed by atoms with van der Waals surface area (Å²) in [6, 6.07) is 10.2. The molecule has 1 aromatic carbocycles. The zero-order valence-corrected chi connectivity index (χ0v) is 12.4. The van der Waals surface area contributed by atoms with E-state index in [9.17, 15) is 4.79 Å². The standard InChI is InChI=1S/C16H19NOS/c1-11-4-6-14(10-12(11)2)17-16(18)9-8-15-7-5-13(3)19-15/h4-7,10H,8-9H2,1-3H3,(H,17,18). The van der Waals surface area contributed by atoms with Gasteiger partial charge in [0.05, 0.1) is 0 Å². The van der Waals surface area contributed by atoms with Gasteiger partial charge in [0.2, 0.25) is 5.91 Å². The molecule has 0 spiro atoms. The van der Waals surface area contributed by atoms with Crippen LogP contribution in [0.4, 0.5) is 5.69 Å². The predicted molar refractivity (Wildman–Crippen MR) is 81.9 cm³/mol. The zero-order chi connectivity index (χ0) is 13.8. The van der Waals surface area contributed by atoms with Gasteiger partial charge in [-0.25, -0.2) is 0 Å². The minimum Gasteiger partial charge on any atom is -0.326 e. The SMILES string of the molecule is Cc1ccc(CCC(=O)Nc2ccc(C)c(C)c2)s1. The monoisotopic (exact) mass is 273 g/mol. The van der Waals surface area contributed by atoms with Crippen LogP contribution in [0.5, 0.6) is 0 Å². The molecule has 0 fully saturated rings. The Morgan fingerprint density at radius 1 is 1.11 bits per heavy atom. The fourth-order valence-corrected chi connectivity index (χ4v) is 2.79. The first-order chi connectivity index (χ1) is 9.04. The number of nitrogens with one attached hydrogen (secondary N) is 1. The van der Waals surface area contributed by atoms with Crippen molar-refractivity contribution in [2.24, 2.45) is 0 Å². The van der Waals surface area contributed by atoms with Crippen molar-refractivity contribution in [3.63, 3.8) is 0 Å². The lowest BCUT2D eigenvalue weighted by molar-refractivity contribution is -0.116. The van der Waals surface area contributed by atoms with Crippen molar-refractivity contribution in [3.8, 4) is 0 Å². The minimum absolute atomic E-state index is 0.0781. The van der Waals surface area contributed by atoms with Crippen molar-refractivity contribution >= 4 is 22.9 Å². The quantitative estimate of drug-likeness (QED) is 0.886. The minimum atomic E-state index is 0.0781. The van der Waals surface area contributed by atoms with Gasteiger partial charge >= 0.3 is 0 Å². The van der Waals surface area contributed by atoms with Crippen LogP contribution >= 0.6 is 11.3 Å². The Bertz CT molecular complexity index is 586. The van der Waals surface area contributed by atoms with Gasteiger partial charge in [0.1, 0.15) is 0 Å². The van der Waals surface area contributed by atoms with E-state index >= 15 is 0 Å². The number of anilines is 1. The van der Waals surface area contributed by atoms with Crippen LogP contribution in [-0.2, 0) is 11.2 Å². The van der Waals surface area contributed by atoms with Crippen LogP contribution in [0.15, 0.2) is 30.3 Å². The third-order valence-electron chi connectivity index (χ3n) is 3.19. The molecule has 2 aromatic rings. The highest BCUT2D eigenvalue weighted by atomic mass is 32.1. The lowest BCUT2D eigenvalue weighted by Crippen LogP contribution is -2.12. The second-order valence-electron chi connectivity index (χ2n) is 4.86. The van der Waals surface area contributed by atoms with Crippen molar-refractivity contribution in [1.29, 1.82) is 0 Å². The summed E-state index contributed by atoms with van der Waals surface area (Å²) >= 11 is 1.76. The first-order valence-electron chi connectivity index (χ1n) is 6.47. The molecule has 19 heavy (non-hydrogen) atoms. The summed E-state index contributed by atoms with van der Waals surface area (Å²) in [5.74, 6) is 0.0781. The molecule has 1 amide bonds. The molecule has 0 aliphatic rings. The first-order valence-corrected chi connectivity index (χ1v) is 7.28. The summed E-state index contributed by atoms with van der Waals surface area (Å²) < 4.78 is 0. The van der Waals surface area contributed by atoms with E-state index in [4.69, 9.17) is 0 Å². The third-order valence-corrected chi connectivity index (χ3v) is 4.25. The van der Waals surface area contributed by atoms with Gasteiger partial charge in [0, 0.05) is 21.9 Å². The molecule has 1 aromatic heterocycles. The summed E-state index contributed by atoms with van der Waals surface area (Å²) in [5.41, 5.74) is 3.33. The topological polar surface area (TPSA) is 29.1 Å². The molecule has 1 heterocycles. The maximum absolute atomic E-state index is 11.9. The van der Waals surface area contributed by atoms with Crippen LogP contribution in [0.3, 0.4) is 0 Å². The molecule has 1 N–H and O–H groups in total. The van der Waals surface area contributed by atoms with Gasteiger partial charge in [0.25, 0.3) is 0 Å². The molecule has 0 saturated heterocycles. The molecule has 0 bridgehead atoms. The Balaban J connectivity index is 1.88. The fraction of sp³-hybridized carbons (Fsp3) is 0.312. The van der Waals surface area contributed by atoms with Gasteiger partial charge in [-0.15, -0.1) is 11.3 Å². The second kappa shape index (κ2) is 6.02.